The third-order valence-electron chi connectivity index (χ3n) is 4.56. The van der Waals surface area contributed by atoms with Gasteiger partial charge in [-0.2, -0.15) is 0 Å². The maximum absolute atomic E-state index is 12.4. The van der Waals surface area contributed by atoms with Crippen LogP contribution in [-0.4, -0.2) is 37.3 Å². The van der Waals surface area contributed by atoms with Crippen molar-refractivity contribution < 1.29 is 14.5 Å². The van der Waals surface area contributed by atoms with Gasteiger partial charge < -0.3 is 15.2 Å². The molecule has 2 amide bonds. The second kappa shape index (κ2) is 10.9. The van der Waals surface area contributed by atoms with Gasteiger partial charge in [0.05, 0.1) is 27.9 Å². The molecule has 2 aromatic carbocycles. The highest BCUT2D eigenvalue weighted by molar-refractivity contribution is 7.99. The summed E-state index contributed by atoms with van der Waals surface area (Å²) in [7, 11) is 0. The number of nitro groups is 1. The number of halogens is 1. The lowest BCUT2D eigenvalue weighted by Crippen LogP contribution is -2.25. The highest BCUT2D eigenvalue weighted by Gasteiger charge is 2.16. The Morgan fingerprint density at radius 1 is 1.21 bits per heavy atom. The van der Waals surface area contributed by atoms with Gasteiger partial charge in [-0.15, -0.1) is 10.2 Å². The zero-order valence-corrected chi connectivity index (χ0v) is 19.4. The number of amides is 2. The largest absolute Gasteiger partial charge is 0.345 e. The SMILES string of the molecule is CCn1c(CNC(=O)c2cccc(C)c2)nnc1SCC(=O)Nc1cc([N+](=O)[O-])ccc1Cl. The molecule has 0 fully saturated rings. The van der Waals surface area contributed by atoms with E-state index in [0.29, 0.717) is 23.1 Å². The molecule has 0 aliphatic rings. The molecule has 3 aromatic rings. The van der Waals surface area contributed by atoms with Gasteiger partial charge in [0.15, 0.2) is 11.0 Å². The number of thioether (sulfide) groups is 1. The first-order valence-corrected chi connectivity index (χ1v) is 11.3. The molecule has 0 atom stereocenters. The van der Waals surface area contributed by atoms with E-state index in [2.05, 4.69) is 20.8 Å². The lowest BCUT2D eigenvalue weighted by molar-refractivity contribution is -0.384. The van der Waals surface area contributed by atoms with E-state index in [1.165, 1.54) is 18.2 Å². The smallest absolute Gasteiger partial charge is 0.271 e. The Kier molecular flexibility index (Phi) is 8.01. The minimum atomic E-state index is -0.566. The summed E-state index contributed by atoms with van der Waals surface area (Å²) in [4.78, 5) is 35.1. The van der Waals surface area contributed by atoms with Gasteiger partial charge in [-0.3, -0.25) is 19.7 Å². The third-order valence-corrected chi connectivity index (χ3v) is 5.86. The van der Waals surface area contributed by atoms with Gasteiger partial charge in [-0.1, -0.05) is 41.1 Å². The maximum atomic E-state index is 12.4. The number of aromatic nitrogens is 3. The summed E-state index contributed by atoms with van der Waals surface area (Å²) in [6.07, 6.45) is 0. The number of rotatable bonds is 9. The molecule has 0 saturated heterocycles. The number of nitrogens with one attached hydrogen (secondary N) is 2. The molecule has 10 nitrogen and oxygen atoms in total. The van der Waals surface area contributed by atoms with Crippen molar-refractivity contribution >= 4 is 46.6 Å². The van der Waals surface area contributed by atoms with Crippen LogP contribution in [-0.2, 0) is 17.9 Å². The van der Waals surface area contributed by atoms with Crippen molar-refractivity contribution in [2.24, 2.45) is 0 Å². The number of hydrogen-bond donors (Lipinski definition) is 2. The molecule has 12 heteroatoms. The van der Waals surface area contributed by atoms with Crippen LogP contribution in [0.1, 0.15) is 28.7 Å². The van der Waals surface area contributed by atoms with Crippen molar-refractivity contribution in [1.29, 1.82) is 0 Å². The third kappa shape index (κ3) is 6.30. The van der Waals surface area contributed by atoms with Crippen molar-refractivity contribution in [3.05, 3.63) is 74.6 Å². The van der Waals surface area contributed by atoms with Crippen molar-refractivity contribution in [3.8, 4) is 0 Å². The lowest BCUT2D eigenvalue weighted by atomic mass is 10.1. The molecule has 0 aliphatic carbocycles. The Hall–Kier alpha value is -3.44. The van der Waals surface area contributed by atoms with Crippen LogP contribution in [0.25, 0.3) is 0 Å². The van der Waals surface area contributed by atoms with Gasteiger partial charge in [0.2, 0.25) is 5.91 Å². The summed E-state index contributed by atoms with van der Waals surface area (Å²) >= 11 is 7.18. The molecule has 0 unspecified atom stereocenters. The second-order valence-corrected chi connectivity index (χ2v) is 8.30. The van der Waals surface area contributed by atoms with E-state index in [9.17, 15) is 19.7 Å². The van der Waals surface area contributed by atoms with Crippen molar-refractivity contribution in [2.45, 2.75) is 32.1 Å². The van der Waals surface area contributed by atoms with Crippen molar-refractivity contribution in [3.63, 3.8) is 0 Å². The van der Waals surface area contributed by atoms with Gasteiger partial charge in [-0.25, -0.2) is 0 Å². The number of anilines is 1. The Bertz CT molecular complexity index is 1200. The number of carbonyl (C=O) groups is 2. The fourth-order valence-corrected chi connectivity index (χ4v) is 3.95. The van der Waals surface area contributed by atoms with Crippen LogP contribution < -0.4 is 10.6 Å². The van der Waals surface area contributed by atoms with Gasteiger partial charge in [-0.05, 0) is 32.0 Å². The highest BCUT2D eigenvalue weighted by atomic mass is 35.5. The predicted octanol–water partition coefficient (Wildman–Crippen LogP) is 3.83. The van der Waals surface area contributed by atoms with E-state index >= 15 is 0 Å². The zero-order valence-electron chi connectivity index (χ0n) is 17.9. The van der Waals surface area contributed by atoms with E-state index in [-0.39, 0.29) is 34.6 Å². The number of non-ortho nitro benzene ring substituents is 1. The molecule has 3 rings (SSSR count). The molecule has 1 heterocycles. The van der Waals surface area contributed by atoms with Crippen LogP contribution in [0.5, 0.6) is 0 Å². The first-order valence-electron chi connectivity index (χ1n) is 9.92. The minimum absolute atomic E-state index is 0.00714. The molecular formula is C21H21ClN6O4S. The van der Waals surface area contributed by atoms with E-state index in [1.807, 2.05) is 26.0 Å². The maximum Gasteiger partial charge on any atom is 0.271 e. The van der Waals surface area contributed by atoms with Gasteiger partial charge in [0.25, 0.3) is 11.6 Å². The highest BCUT2D eigenvalue weighted by Crippen LogP contribution is 2.27. The molecule has 0 radical (unpaired) electrons. The van der Waals surface area contributed by atoms with E-state index < -0.39 is 10.8 Å². The number of hydrogen-bond acceptors (Lipinski definition) is 7. The van der Waals surface area contributed by atoms with Crippen LogP contribution in [0.4, 0.5) is 11.4 Å². The number of benzene rings is 2. The molecule has 0 aliphatic heterocycles. The summed E-state index contributed by atoms with van der Waals surface area (Å²) in [6, 6.07) is 11.1. The van der Waals surface area contributed by atoms with E-state index in [0.717, 1.165) is 17.3 Å². The normalized spacial score (nSPS) is 10.6. The fraction of sp³-hybridized carbons (Fsp3) is 0.238. The minimum Gasteiger partial charge on any atom is -0.345 e. The molecule has 0 spiro atoms. The molecule has 0 bridgehead atoms. The molecule has 33 heavy (non-hydrogen) atoms. The average molecular weight is 489 g/mol. The Morgan fingerprint density at radius 2 is 2.00 bits per heavy atom. The number of aryl methyl sites for hydroxylation is 1. The van der Waals surface area contributed by atoms with Crippen molar-refractivity contribution in [1.82, 2.24) is 20.1 Å². The number of carbonyl (C=O) groups excluding carboxylic acids is 2. The van der Waals surface area contributed by atoms with Crippen molar-refractivity contribution in [2.75, 3.05) is 11.1 Å². The summed E-state index contributed by atoms with van der Waals surface area (Å²) in [5.41, 5.74) is 1.53. The molecule has 0 saturated carbocycles. The second-order valence-electron chi connectivity index (χ2n) is 6.95. The molecular weight excluding hydrogens is 468 g/mol. The van der Waals surface area contributed by atoms with Crippen LogP contribution in [0, 0.1) is 17.0 Å². The topological polar surface area (TPSA) is 132 Å². The lowest BCUT2D eigenvalue weighted by Gasteiger charge is -2.09. The number of nitrogens with zero attached hydrogens (tertiary/aromatic N) is 4. The van der Waals surface area contributed by atoms with Crippen LogP contribution >= 0.6 is 23.4 Å². The quantitative estimate of drug-likeness (QED) is 0.265. The Labute approximate surface area is 198 Å². The van der Waals surface area contributed by atoms with E-state index in [1.54, 1.807) is 16.7 Å². The monoisotopic (exact) mass is 488 g/mol. The Balaban J connectivity index is 1.60. The summed E-state index contributed by atoms with van der Waals surface area (Å²) in [5, 5.41) is 25.3. The predicted molar refractivity (Wildman–Crippen MR) is 126 cm³/mol. The van der Waals surface area contributed by atoms with Crippen LogP contribution in [0.15, 0.2) is 47.6 Å². The fourth-order valence-electron chi connectivity index (χ4n) is 2.96. The summed E-state index contributed by atoms with van der Waals surface area (Å²) in [5.74, 6) is -0.0652. The zero-order chi connectivity index (χ0) is 24.0. The standard InChI is InChI=1S/C21H21ClN6O4S/c1-3-27-18(11-23-20(30)14-6-4-5-13(2)9-14)25-26-21(27)33-12-19(29)24-17-10-15(28(31)32)7-8-16(17)22/h4-10H,3,11-12H2,1-2H3,(H,23,30)(H,24,29). The first-order chi connectivity index (χ1) is 15.8. The van der Waals surface area contributed by atoms with Gasteiger partial charge >= 0.3 is 0 Å². The summed E-state index contributed by atoms with van der Waals surface area (Å²) in [6.45, 7) is 4.55. The van der Waals surface area contributed by atoms with Gasteiger partial charge in [0.1, 0.15) is 0 Å². The average Bonchev–Trinajstić information content (AvgIpc) is 3.19. The van der Waals surface area contributed by atoms with Crippen LogP contribution in [0.2, 0.25) is 5.02 Å². The van der Waals surface area contributed by atoms with E-state index in [4.69, 9.17) is 11.6 Å². The number of nitro benzene ring substituents is 1. The van der Waals surface area contributed by atoms with Crippen LogP contribution in [0.3, 0.4) is 0 Å². The summed E-state index contributed by atoms with van der Waals surface area (Å²) < 4.78 is 1.80. The van der Waals surface area contributed by atoms with Gasteiger partial charge in [0, 0.05) is 24.2 Å². The molecule has 2 N–H and O–H groups in total. The Morgan fingerprint density at radius 3 is 2.70 bits per heavy atom. The molecule has 172 valence electrons. The first kappa shape index (κ1) is 24.2. The molecule has 1 aromatic heterocycles.